The third kappa shape index (κ3) is 3.62. The van der Waals surface area contributed by atoms with Crippen LogP contribution in [0.5, 0.6) is 0 Å². The standard InChI is InChI=1S/C16H17N3O5S2/c1-10(20)11-3-5-12(6-4-11)26(22,23)19-8-7-13-14(9-19)25-15(17-13)18-16(21)24-2/h3-6H,7-9H2,1-2H3,(H,17,18,21). The van der Waals surface area contributed by atoms with E-state index in [1.165, 1.54) is 53.9 Å². The molecule has 0 saturated carbocycles. The minimum atomic E-state index is -3.68. The highest BCUT2D eigenvalue weighted by molar-refractivity contribution is 7.89. The van der Waals surface area contributed by atoms with Crippen molar-refractivity contribution in [2.24, 2.45) is 0 Å². The maximum atomic E-state index is 12.8. The Hall–Kier alpha value is -2.30. The Balaban J connectivity index is 1.80. The van der Waals surface area contributed by atoms with Crippen LogP contribution in [0.4, 0.5) is 9.93 Å². The summed E-state index contributed by atoms with van der Waals surface area (Å²) in [6, 6.07) is 5.91. The first-order valence-electron chi connectivity index (χ1n) is 7.76. The van der Waals surface area contributed by atoms with Gasteiger partial charge in [-0.2, -0.15) is 4.31 Å². The predicted octanol–water partition coefficient (Wildman–Crippen LogP) is 2.27. The number of benzene rings is 1. The smallest absolute Gasteiger partial charge is 0.413 e. The van der Waals surface area contributed by atoms with Crippen LogP contribution in [0.1, 0.15) is 27.9 Å². The Morgan fingerprint density at radius 2 is 1.96 bits per heavy atom. The van der Waals surface area contributed by atoms with Gasteiger partial charge in [0.2, 0.25) is 10.0 Å². The molecule has 0 bridgehead atoms. The summed E-state index contributed by atoms with van der Waals surface area (Å²) in [6.07, 6.45) is -0.162. The van der Waals surface area contributed by atoms with Crippen LogP contribution in [0.15, 0.2) is 29.2 Å². The summed E-state index contributed by atoms with van der Waals surface area (Å²) in [6.45, 7) is 1.91. The van der Waals surface area contributed by atoms with E-state index in [1.807, 2.05) is 0 Å². The molecule has 1 amide bonds. The minimum absolute atomic E-state index is 0.119. The molecule has 138 valence electrons. The topological polar surface area (TPSA) is 106 Å². The van der Waals surface area contributed by atoms with Gasteiger partial charge < -0.3 is 4.74 Å². The van der Waals surface area contributed by atoms with Crippen molar-refractivity contribution in [3.05, 3.63) is 40.4 Å². The number of ether oxygens (including phenoxy) is 1. The molecule has 1 aliphatic heterocycles. The molecule has 0 atom stereocenters. The first-order chi connectivity index (χ1) is 12.3. The van der Waals surface area contributed by atoms with E-state index < -0.39 is 16.1 Å². The zero-order valence-electron chi connectivity index (χ0n) is 14.2. The molecule has 8 nitrogen and oxygen atoms in total. The van der Waals surface area contributed by atoms with Crippen molar-refractivity contribution in [3.63, 3.8) is 0 Å². The lowest BCUT2D eigenvalue weighted by molar-refractivity contribution is 0.101. The van der Waals surface area contributed by atoms with E-state index in [0.29, 0.717) is 23.7 Å². The maximum absolute atomic E-state index is 12.8. The highest BCUT2D eigenvalue weighted by Crippen LogP contribution is 2.31. The number of rotatable bonds is 4. The number of thiazole rings is 1. The number of nitrogens with one attached hydrogen (secondary N) is 1. The van der Waals surface area contributed by atoms with Gasteiger partial charge in [-0.1, -0.05) is 23.5 Å². The molecule has 0 spiro atoms. The lowest BCUT2D eigenvalue weighted by Gasteiger charge is -2.25. The van der Waals surface area contributed by atoms with E-state index in [4.69, 9.17) is 0 Å². The van der Waals surface area contributed by atoms with E-state index in [1.54, 1.807) is 0 Å². The number of hydrogen-bond acceptors (Lipinski definition) is 7. The van der Waals surface area contributed by atoms with E-state index in [0.717, 1.165) is 10.6 Å². The number of methoxy groups -OCH3 is 1. The van der Waals surface area contributed by atoms with Gasteiger partial charge >= 0.3 is 6.09 Å². The molecule has 1 aromatic heterocycles. The highest BCUT2D eigenvalue weighted by atomic mass is 32.2. The summed E-state index contributed by atoms with van der Waals surface area (Å²) in [5.41, 5.74) is 1.24. The summed E-state index contributed by atoms with van der Waals surface area (Å²) in [7, 11) is -2.42. The molecule has 0 fully saturated rings. The van der Waals surface area contributed by atoms with Crippen LogP contribution in [0.2, 0.25) is 0 Å². The zero-order valence-corrected chi connectivity index (χ0v) is 15.8. The van der Waals surface area contributed by atoms with Crippen LogP contribution < -0.4 is 5.32 Å². The number of carbonyl (C=O) groups excluding carboxylic acids is 2. The molecule has 1 N–H and O–H groups in total. The Bertz CT molecular complexity index is 951. The molecule has 0 radical (unpaired) electrons. The van der Waals surface area contributed by atoms with E-state index >= 15 is 0 Å². The highest BCUT2D eigenvalue weighted by Gasteiger charge is 2.30. The largest absolute Gasteiger partial charge is 0.453 e. The number of aromatic nitrogens is 1. The fourth-order valence-electron chi connectivity index (χ4n) is 2.58. The summed E-state index contributed by atoms with van der Waals surface area (Å²) in [5, 5.41) is 2.88. The third-order valence-corrected chi connectivity index (χ3v) is 6.85. The second kappa shape index (κ2) is 7.14. The normalized spacial score (nSPS) is 14.5. The fraction of sp³-hybridized carbons (Fsp3) is 0.312. The summed E-state index contributed by atoms with van der Waals surface area (Å²) in [5.74, 6) is -0.119. The van der Waals surface area contributed by atoms with Crippen molar-refractivity contribution < 1.29 is 22.7 Å². The number of nitrogens with zero attached hydrogens (tertiary/aromatic N) is 2. The molecule has 3 rings (SSSR count). The van der Waals surface area contributed by atoms with Crippen molar-refractivity contribution in [3.8, 4) is 0 Å². The van der Waals surface area contributed by atoms with Gasteiger partial charge in [-0.3, -0.25) is 10.1 Å². The Morgan fingerprint density at radius 1 is 1.27 bits per heavy atom. The van der Waals surface area contributed by atoms with Crippen LogP contribution >= 0.6 is 11.3 Å². The van der Waals surface area contributed by atoms with E-state index in [2.05, 4.69) is 15.0 Å². The van der Waals surface area contributed by atoms with Crippen LogP contribution in [-0.2, 0) is 27.7 Å². The van der Waals surface area contributed by atoms with Crippen molar-refractivity contribution in [2.45, 2.75) is 24.8 Å². The summed E-state index contributed by atoms with van der Waals surface area (Å²) >= 11 is 1.23. The SMILES string of the molecule is COC(=O)Nc1nc2c(s1)CN(S(=O)(=O)c1ccc(C(C)=O)cc1)CC2. The van der Waals surface area contributed by atoms with Gasteiger partial charge in [0.15, 0.2) is 10.9 Å². The van der Waals surface area contributed by atoms with Crippen LogP contribution in [0.25, 0.3) is 0 Å². The second-order valence-electron chi connectivity index (χ2n) is 5.67. The third-order valence-electron chi connectivity index (χ3n) is 3.99. The molecule has 2 aromatic rings. The van der Waals surface area contributed by atoms with Gasteiger partial charge in [-0.25, -0.2) is 18.2 Å². The monoisotopic (exact) mass is 395 g/mol. The molecular weight excluding hydrogens is 378 g/mol. The first-order valence-corrected chi connectivity index (χ1v) is 10.0. The number of sulfonamides is 1. The van der Waals surface area contributed by atoms with E-state index in [9.17, 15) is 18.0 Å². The molecule has 0 aliphatic carbocycles. The number of anilines is 1. The number of Topliss-reactive ketones (excluding diaryl/α,β-unsaturated/α-hetero) is 1. The predicted molar refractivity (Wildman–Crippen MR) is 95.9 cm³/mol. The molecule has 0 unspecified atom stereocenters. The number of carbonyl (C=O) groups is 2. The fourth-order valence-corrected chi connectivity index (χ4v) is 5.08. The molecule has 10 heteroatoms. The van der Waals surface area contributed by atoms with Gasteiger partial charge in [-0.05, 0) is 19.1 Å². The van der Waals surface area contributed by atoms with Crippen molar-refractivity contribution >= 4 is 38.4 Å². The Labute approximate surface area is 154 Å². The Morgan fingerprint density at radius 3 is 2.58 bits per heavy atom. The molecule has 26 heavy (non-hydrogen) atoms. The number of amides is 1. The van der Waals surface area contributed by atoms with Crippen LogP contribution in [-0.4, -0.2) is 43.2 Å². The van der Waals surface area contributed by atoms with Gasteiger partial charge in [-0.15, -0.1) is 0 Å². The summed E-state index contributed by atoms with van der Waals surface area (Å²) < 4.78 is 31.6. The first kappa shape index (κ1) is 18.5. The average molecular weight is 395 g/mol. The average Bonchev–Trinajstić information content (AvgIpc) is 3.02. The number of ketones is 1. The molecular formula is C16H17N3O5S2. The van der Waals surface area contributed by atoms with Crippen molar-refractivity contribution in [2.75, 3.05) is 19.0 Å². The minimum Gasteiger partial charge on any atom is -0.453 e. The zero-order chi connectivity index (χ0) is 18.9. The van der Waals surface area contributed by atoms with Crippen LogP contribution in [0, 0.1) is 0 Å². The molecule has 0 saturated heterocycles. The van der Waals surface area contributed by atoms with Crippen molar-refractivity contribution in [1.29, 1.82) is 0 Å². The number of hydrogen-bond donors (Lipinski definition) is 1. The lowest BCUT2D eigenvalue weighted by atomic mass is 10.2. The Kier molecular flexibility index (Phi) is 5.08. The quantitative estimate of drug-likeness (QED) is 0.796. The summed E-state index contributed by atoms with van der Waals surface area (Å²) in [4.78, 5) is 27.9. The number of fused-ring (bicyclic) bond motifs is 1. The van der Waals surface area contributed by atoms with Crippen LogP contribution in [0.3, 0.4) is 0 Å². The molecule has 2 heterocycles. The molecule has 1 aliphatic rings. The van der Waals surface area contributed by atoms with Gasteiger partial charge in [0.1, 0.15) is 0 Å². The maximum Gasteiger partial charge on any atom is 0.413 e. The van der Waals surface area contributed by atoms with Crippen molar-refractivity contribution in [1.82, 2.24) is 9.29 Å². The van der Waals surface area contributed by atoms with Gasteiger partial charge in [0.25, 0.3) is 0 Å². The lowest BCUT2D eigenvalue weighted by Crippen LogP contribution is -2.35. The van der Waals surface area contributed by atoms with Gasteiger partial charge in [0, 0.05) is 23.4 Å². The molecule has 1 aromatic carbocycles. The van der Waals surface area contributed by atoms with Gasteiger partial charge in [0.05, 0.1) is 24.2 Å². The second-order valence-corrected chi connectivity index (χ2v) is 8.70. The van der Waals surface area contributed by atoms with E-state index in [-0.39, 0.29) is 17.2 Å².